The molecule has 0 spiro atoms. The normalized spacial score (nSPS) is 18.9. The van der Waals surface area contributed by atoms with Crippen LogP contribution in [0.3, 0.4) is 0 Å². The van der Waals surface area contributed by atoms with Gasteiger partial charge in [0.25, 0.3) is 0 Å². The van der Waals surface area contributed by atoms with Crippen molar-refractivity contribution in [3.05, 3.63) is 11.8 Å². The van der Waals surface area contributed by atoms with Crippen LogP contribution in [-0.2, 0) is 4.79 Å². The molecule has 0 bridgehead atoms. The fourth-order valence-electron chi connectivity index (χ4n) is 2.10. The van der Waals surface area contributed by atoms with Gasteiger partial charge in [-0.05, 0) is 6.92 Å². The molecular weight excluding hydrogens is 236 g/mol. The van der Waals surface area contributed by atoms with Gasteiger partial charge in [-0.1, -0.05) is 0 Å². The average molecular weight is 254 g/mol. The maximum Gasteiger partial charge on any atom is 0.248 e. The Bertz CT molecular complexity index is 412. The van der Waals surface area contributed by atoms with Crippen molar-refractivity contribution in [2.75, 3.05) is 32.8 Å². The molecule has 18 heavy (non-hydrogen) atoms. The van der Waals surface area contributed by atoms with Gasteiger partial charge in [-0.2, -0.15) is 0 Å². The molecule has 7 heteroatoms. The van der Waals surface area contributed by atoms with Crippen LogP contribution in [-0.4, -0.2) is 63.8 Å². The summed E-state index contributed by atoms with van der Waals surface area (Å²) in [5, 5.41) is 16.6. The Kier molecular flexibility index (Phi) is 3.93. The monoisotopic (exact) mass is 254 g/mol. The second kappa shape index (κ2) is 5.45. The van der Waals surface area contributed by atoms with E-state index < -0.39 is 6.61 Å². The molecule has 1 aromatic rings. The van der Waals surface area contributed by atoms with Crippen LogP contribution in [0, 0.1) is 6.92 Å². The van der Waals surface area contributed by atoms with E-state index in [0.29, 0.717) is 24.9 Å². The first-order valence-corrected chi connectivity index (χ1v) is 6.04. The van der Waals surface area contributed by atoms with Gasteiger partial charge in [0.1, 0.15) is 6.61 Å². The minimum Gasteiger partial charge on any atom is -0.424 e. The lowest BCUT2D eigenvalue weighted by atomic mass is 10.2. The molecule has 1 aliphatic rings. The number of aryl methyl sites for hydroxylation is 1. The molecule has 0 aromatic carbocycles. The van der Waals surface area contributed by atoms with Crippen LogP contribution >= 0.6 is 0 Å². The van der Waals surface area contributed by atoms with Gasteiger partial charge in [-0.25, -0.2) is 0 Å². The highest BCUT2D eigenvalue weighted by molar-refractivity contribution is 5.77. The maximum absolute atomic E-state index is 11.3. The van der Waals surface area contributed by atoms with Gasteiger partial charge in [0.2, 0.25) is 17.7 Å². The lowest BCUT2D eigenvalue weighted by molar-refractivity contribution is -0.136. The zero-order chi connectivity index (χ0) is 13.1. The van der Waals surface area contributed by atoms with Crippen molar-refractivity contribution in [2.24, 2.45) is 0 Å². The first-order chi connectivity index (χ1) is 8.61. The Balaban J connectivity index is 1.91. The lowest BCUT2D eigenvalue weighted by Crippen LogP contribution is -2.50. The Hall–Kier alpha value is -1.47. The third-order valence-electron chi connectivity index (χ3n) is 3.25. The highest BCUT2D eigenvalue weighted by atomic mass is 16.4. The van der Waals surface area contributed by atoms with Gasteiger partial charge in [0.05, 0.1) is 6.04 Å². The Morgan fingerprint density at radius 3 is 2.56 bits per heavy atom. The van der Waals surface area contributed by atoms with Gasteiger partial charge in [0, 0.05) is 33.1 Å². The molecule has 2 heterocycles. The molecule has 2 rings (SSSR count). The number of nitrogens with zero attached hydrogens (tertiary/aromatic N) is 4. The smallest absolute Gasteiger partial charge is 0.248 e. The summed E-state index contributed by atoms with van der Waals surface area (Å²) in [6.45, 7) is 6.09. The zero-order valence-corrected chi connectivity index (χ0v) is 10.7. The van der Waals surface area contributed by atoms with Crippen LogP contribution in [0.25, 0.3) is 0 Å². The fourth-order valence-corrected chi connectivity index (χ4v) is 2.10. The molecule has 1 atom stereocenters. The molecule has 1 aromatic heterocycles. The summed E-state index contributed by atoms with van der Waals surface area (Å²) in [5.41, 5.74) is 0. The number of aliphatic hydroxyl groups is 1. The number of aromatic nitrogens is 2. The van der Waals surface area contributed by atoms with Crippen LogP contribution in [0.1, 0.15) is 24.7 Å². The van der Waals surface area contributed by atoms with Gasteiger partial charge < -0.3 is 14.4 Å². The summed E-state index contributed by atoms with van der Waals surface area (Å²) in [4.78, 5) is 15.2. The standard InChI is InChI=1S/C11H18N4O3/c1-8(11-13-12-9(2)18-11)14-3-5-15(6-4-14)10(17)7-16/h8,16H,3-7H2,1-2H3. The second-order valence-corrected chi connectivity index (χ2v) is 4.41. The fraction of sp³-hybridized carbons (Fsp3) is 0.727. The van der Waals surface area contributed by atoms with E-state index in [1.807, 2.05) is 6.92 Å². The largest absolute Gasteiger partial charge is 0.424 e. The van der Waals surface area contributed by atoms with Crippen molar-refractivity contribution in [2.45, 2.75) is 19.9 Å². The summed E-state index contributed by atoms with van der Waals surface area (Å²) in [7, 11) is 0. The number of amides is 1. The Labute approximate surface area is 105 Å². The molecule has 1 amide bonds. The lowest BCUT2D eigenvalue weighted by Gasteiger charge is -2.36. The van der Waals surface area contributed by atoms with Gasteiger partial charge in [-0.3, -0.25) is 9.69 Å². The van der Waals surface area contributed by atoms with Crippen LogP contribution in [0.4, 0.5) is 0 Å². The highest BCUT2D eigenvalue weighted by Crippen LogP contribution is 2.20. The van der Waals surface area contributed by atoms with E-state index in [1.54, 1.807) is 11.8 Å². The van der Waals surface area contributed by atoms with Gasteiger partial charge in [-0.15, -0.1) is 10.2 Å². The summed E-state index contributed by atoms with van der Waals surface area (Å²) in [6, 6.07) is 0.0533. The molecule has 0 aliphatic carbocycles. The topological polar surface area (TPSA) is 82.7 Å². The number of piperazine rings is 1. The minimum absolute atomic E-state index is 0.0533. The Morgan fingerprint density at radius 2 is 2.06 bits per heavy atom. The van der Waals surface area contributed by atoms with Gasteiger partial charge in [0.15, 0.2) is 0 Å². The molecular formula is C11H18N4O3. The minimum atomic E-state index is -0.418. The predicted octanol–water partition coefficient (Wildman–Crippen LogP) is -0.424. The molecule has 0 radical (unpaired) electrons. The predicted molar refractivity (Wildman–Crippen MR) is 62.7 cm³/mol. The second-order valence-electron chi connectivity index (χ2n) is 4.41. The molecule has 0 saturated carbocycles. The highest BCUT2D eigenvalue weighted by Gasteiger charge is 2.26. The van der Waals surface area contributed by atoms with Crippen molar-refractivity contribution >= 4 is 5.91 Å². The molecule has 1 aliphatic heterocycles. The first kappa shape index (κ1) is 13.0. The third-order valence-corrected chi connectivity index (χ3v) is 3.25. The quantitative estimate of drug-likeness (QED) is 0.788. The van der Waals surface area contributed by atoms with E-state index in [1.165, 1.54) is 0 Å². The van der Waals surface area contributed by atoms with Crippen LogP contribution in [0.5, 0.6) is 0 Å². The SMILES string of the molecule is Cc1nnc(C(C)N2CCN(C(=O)CO)CC2)o1. The zero-order valence-electron chi connectivity index (χ0n) is 10.7. The van der Waals surface area contributed by atoms with Crippen molar-refractivity contribution < 1.29 is 14.3 Å². The maximum atomic E-state index is 11.3. The molecule has 1 N–H and O–H groups in total. The summed E-state index contributed by atoms with van der Waals surface area (Å²) in [5.74, 6) is 0.955. The van der Waals surface area contributed by atoms with Crippen LogP contribution in [0.15, 0.2) is 4.42 Å². The van der Waals surface area contributed by atoms with E-state index in [0.717, 1.165) is 13.1 Å². The number of hydrogen-bond donors (Lipinski definition) is 1. The van der Waals surface area contributed by atoms with Crippen LogP contribution in [0.2, 0.25) is 0 Å². The van der Waals surface area contributed by atoms with Crippen LogP contribution < -0.4 is 0 Å². The summed E-state index contributed by atoms with van der Waals surface area (Å²) in [6.07, 6.45) is 0. The van der Waals surface area contributed by atoms with E-state index >= 15 is 0 Å². The van der Waals surface area contributed by atoms with E-state index in [9.17, 15) is 4.79 Å². The number of rotatable bonds is 3. The van der Waals surface area contributed by atoms with E-state index in [-0.39, 0.29) is 11.9 Å². The van der Waals surface area contributed by atoms with E-state index in [2.05, 4.69) is 15.1 Å². The number of hydrogen-bond acceptors (Lipinski definition) is 6. The van der Waals surface area contributed by atoms with Gasteiger partial charge >= 0.3 is 0 Å². The third kappa shape index (κ3) is 2.68. The summed E-state index contributed by atoms with van der Waals surface area (Å²) < 4.78 is 5.41. The number of aliphatic hydroxyl groups excluding tert-OH is 1. The van der Waals surface area contributed by atoms with Crippen molar-refractivity contribution in [3.8, 4) is 0 Å². The van der Waals surface area contributed by atoms with Crippen molar-refractivity contribution in [1.82, 2.24) is 20.0 Å². The number of carbonyl (C=O) groups excluding carboxylic acids is 1. The van der Waals surface area contributed by atoms with E-state index in [4.69, 9.17) is 9.52 Å². The molecule has 1 saturated heterocycles. The molecule has 1 unspecified atom stereocenters. The first-order valence-electron chi connectivity index (χ1n) is 6.04. The van der Waals surface area contributed by atoms with Crippen molar-refractivity contribution in [3.63, 3.8) is 0 Å². The molecule has 1 fully saturated rings. The Morgan fingerprint density at radius 1 is 1.39 bits per heavy atom. The number of carbonyl (C=O) groups is 1. The molecule has 100 valence electrons. The average Bonchev–Trinajstić information content (AvgIpc) is 2.84. The van der Waals surface area contributed by atoms with Crippen molar-refractivity contribution in [1.29, 1.82) is 0 Å². The molecule has 7 nitrogen and oxygen atoms in total. The summed E-state index contributed by atoms with van der Waals surface area (Å²) >= 11 is 0.